The number of nitrogens with one attached hydrogen (secondary N) is 1. The smallest absolute Gasteiger partial charge is 0.273 e. The quantitative estimate of drug-likeness (QED) is 0.507. The molecular formula is C20H19N3O3S. The molecule has 0 atom stereocenters. The highest BCUT2D eigenvalue weighted by molar-refractivity contribution is 7.15. The number of nitro benzene ring substituents is 1. The van der Waals surface area contributed by atoms with E-state index in [1.54, 1.807) is 13.0 Å². The lowest BCUT2D eigenvalue weighted by atomic mass is 10.1. The number of hydrogen-bond donors (Lipinski definition) is 1. The fourth-order valence-corrected chi connectivity index (χ4v) is 3.76. The third kappa shape index (κ3) is 4.20. The molecule has 0 saturated carbocycles. The van der Waals surface area contributed by atoms with Crippen molar-refractivity contribution in [1.29, 1.82) is 0 Å². The van der Waals surface area contributed by atoms with Crippen LogP contribution in [0.1, 0.15) is 37.6 Å². The number of aryl methyl sites for hydroxylation is 2. The van der Waals surface area contributed by atoms with Crippen molar-refractivity contribution in [3.05, 3.63) is 85.4 Å². The van der Waals surface area contributed by atoms with Crippen LogP contribution in [0.5, 0.6) is 0 Å². The van der Waals surface area contributed by atoms with Crippen molar-refractivity contribution in [1.82, 2.24) is 4.98 Å². The van der Waals surface area contributed by atoms with Crippen molar-refractivity contribution in [3.63, 3.8) is 0 Å². The predicted octanol–water partition coefficient (Wildman–Crippen LogP) is 4.82. The summed E-state index contributed by atoms with van der Waals surface area (Å²) in [4.78, 5) is 28.6. The number of carbonyl (C=O) groups is 1. The number of aromatic nitrogens is 1. The van der Waals surface area contributed by atoms with Gasteiger partial charge in [0, 0.05) is 28.5 Å². The van der Waals surface area contributed by atoms with Crippen molar-refractivity contribution >= 4 is 28.1 Å². The first-order valence-electron chi connectivity index (χ1n) is 8.42. The summed E-state index contributed by atoms with van der Waals surface area (Å²) >= 11 is 1.42. The van der Waals surface area contributed by atoms with Crippen LogP contribution in [0.4, 0.5) is 10.8 Å². The lowest BCUT2D eigenvalue weighted by molar-refractivity contribution is -0.385. The minimum Gasteiger partial charge on any atom is -0.298 e. The molecule has 0 spiro atoms. The maximum absolute atomic E-state index is 12.6. The third-order valence-corrected chi connectivity index (χ3v) is 5.42. The summed E-state index contributed by atoms with van der Waals surface area (Å²) in [7, 11) is 0. The van der Waals surface area contributed by atoms with Crippen LogP contribution < -0.4 is 5.32 Å². The van der Waals surface area contributed by atoms with Crippen LogP contribution in [0, 0.1) is 30.9 Å². The van der Waals surface area contributed by atoms with Crippen molar-refractivity contribution in [2.24, 2.45) is 0 Å². The minimum atomic E-state index is -0.487. The Hall–Kier alpha value is -3.06. The van der Waals surface area contributed by atoms with Crippen LogP contribution in [0.3, 0.4) is 0 Å². The Kier molecular flexibility index (Phi) is 5.32. The van der Waals surface area contributed by atoms with E-state index in [1.165, 1.54) is 34.6 Å². The van der Waals surface area contributed by atoms with E-state index in [9.17, 15) is 14.9 Å². The Bertz CT molecular complexity index is 1010. The molecule has 0 saturated heterocycles. The maximum atomic E-state index is 12.6. The highest BCUT2D eigenvalue weighted by Gasteiger charge is 2.19. The van der Waals surface area contributed by atoms with Crippen molar-refractivity contribution in [2.45, 2.75) is 27.2 Å². The SMILES string of the molecule is Cc1ccc(Cc2sc(NC(=O)c3cccc([N+](=O)[O-])c3C)nc2C)cc1. The molecule has 27 heavy (non-hydrogen) atoms. The molecule has 3 rings (SSSR count). The molecular weight excluding hydrogens is 362 g/mol. The molecule has 138 valence electrons. The minimum absolute atomic E-state index is 0.0713. The normalized spacial score (nSPS) is 10.6. The largest absolute Gasteiger partial charge is 0.298 e. The zero-order chi connectivity index (χ0) is 19.6. The Balaban J connectivity index is 1.79. The molecule has 1 aromatic heterocycles. The number of hydrogen-bond acceptors (Lipinski definition) is 5. The van der Waals surface area contributed by atoms with E-state index >= 15 is 0 Å². The number of rotatable bonds is 5. The van der Waals surface area contributed by atoms with Crippen molar-refractivity contribution in [2.75, 3.05) is 5.32 Å². The molecule has 0 fully saturated rings. The molecule has 0 radical (unpaired) electrons. The zero-order valence-electron chi connectivity index (χ0n) is 15.3. The number of nitro groups is 1. The fourth-order valence-electron chi connectivity index (χ4n) is 2.77. The van der Waals surface area contributed by atoms with E-state index in [4.69, 9.17) is 0 Å². The molecule has 6 nitrogen and oxygen atoms in total. The molecule has 1 heterocycles. The Morgan fingerprint density at radius 2 is 1.85 bits per heavy atom. The van der Waals surface area contributed by atoms with Gasteiger partial charge in [0.15, 0.2) is 5.13 Å². The number of nitrogens with zero attached hydrogens (tertiary/aromatic N) is 2. The first kappa shape index (κ1) is 18.7. The summed E-state index contributed by atoms with van der Waals surface area (Å²) in [5.41, 5.74) is 3.80. The molecule has 0 unspecified atom stereocenters. The van der Waals surface area contributed by atoms with Gasteiger partial charge in [-0.1, -0.05) is 35.9 Å². The summed E-state index contributed by atoms with van der Waals surface area (Å²) in [5.74, 6) is -0.396. The van der Waals surface area contributed by atoms with Gasteiger partial charge >= 0.3 is 0 Å². The lowest BCUT2D eigenvalue weighted by Crippen LogP contribution is -2.14. The number of thiazole rings is 1. The second-order valence-electron chi connectivity index (χ2n) is 6.35. The van der Waals surface area contributed by atoms with Gasteiger partial charge in [0.05, 0.1) is 10.6 Å². The van der Waals surface area contributed by atoms with Gasteiger partial charge in [-0.05, 0) is 32.4 Å². The molecule has 7 heteroatoms. The Morgan fingerprint density at radius 1 is 1.15 bits per heavy atom. The number of anilines is 1. The fraction of sp³-hybridized carbons (Fsp3) is 0.200. The standard InChI is InChI=1S/C20H19N3O3S/c1-12-7-9-15(10-8-12)11-18-14(3)21-20(27-18)22-19(24)16-5-4-6-17(13(16)2)23(25)26/h4-10H,11H2,1-3H3,(H,21,22,24). The van der Waals surface area contributed by atoms with Crippen LogP contribution >= 0.6 is 11.3 Å². The second kappa shape index (κ2) is 7.67. The van der Waals surface area contributed by atoms with Gasteiger partial charge in [0.25, 0.3) is 11.6 Å². The number of amides is 1. The van der Waals surface area contributed by atoms with E-state index in [2.05, 4.69) is 34.6 Å². The second-order valence-corrected chi connectivity index (χ2v) is 7.43. The van der Waals surface area contributed by atoms with Gasteiger partial charge in [-0.3, -0.25) is 20.2 Å². The highest BCUT2D eigenvalue weighted by Crippen LogP contribution is 2.27. The maximum Gasteiger partial charge on any atom is 0.273 e. The van der Waals surface area contributed by atoms with Crippen LogP contribution in [0.25, 0.3) is 0 Å². The summed E-state index contributed by atoms with van der Waals surface area (Å²) in [6, 6.07) is 12.8. The Labute approximate surface area is 161 Å². The van der Waals surface area contributed by atoms with Crippen LogP contribution in [-0.2, 0) is 6.42 Å². The Morgan fingerprint density at radius 3 is 2.52 bits per heavy atom. The highest BCUT2D eigenvalue weighted by atomic mass is 32.1. The lowest BCUT2D eigenvalue weighted by Gasteiger charge is -2.05. The van der Waals surface area contributed by atoms with E-state index in [-0.39, 0.29) is 11.3 Å². The van der Waals surface area contributed by atoms with E-state index in [1.807, 2.05) is 13.8 Å². The monoisotopic (exact) mass is 381 g/mol. The van der Waals surface area contributed by atoms with Crippen molar-refractivity contribution < 1.29 is 9.72 Å². The van der Waals surface area contributed by atoms with Crippen LogP contribution in [-0.4, -0.2) is 15.8 Å². The van der Waals surface area contributed by atoms with E-state index < -0.39 is 10.8 Å². The molecule has 0 aliphatic rings. The van der Waals surface area contributed by atoms with E-state index in [0.29, 0.717) is 10.7 Å². The third-order valence-electron chi connectivity index (χ3n) is 4.34. The van der Waals surface area contributed by atoms with Crippen molar-refractivity contribution in [3.8, 4) is 0 Å². The molecule has 2 aromatic carbocycles. The zero-order valence-corrected chi connectivity index (χ0v) is 16.1. The van der Waals surface area contributed by atoms with E-state index in [0.717, 1.165) is 17.0 Å². The summed E-state index contributed by atoms with van der Waals surface area (Å²) in [5, 5.41) is 14.3. The summed E-state index contributed by atoms with van der Waals surface area (Å²) < 4.78 is 0. The first-order chi connectivity index (χ1) is 12.8. The molecule has 0 aliphatic heterocycles. The van der Waals surface area contributed by atoms with Gasteiger partial charge < -0.3 is 0 Å². The van der Waals surface area contributed by atoms with Gasteiger partial charge in [0.2, 0.25) is 0 Å². The van der Waals surface area contributed by atoms with Gasteiger partial charge in [0.1, 0.15) is 0 Å². The molecule has 0 aliphatic carbocycles. The molecule has 1 amide bonds. The number of carbonyl (C=O) groups excluding carboxylic acids is 1. The topological polar surface area (TPSA) is 85.1 Å². The predicted molar refractivity (Wildman–Crippen MR) is 107 cm³/mol. The summed E-state index contributed by atoms with van der Waals surface area (Å²) in [6.07, 6.45) is 0.746. The van der Waals surface area contributed by atoms with Gasteiger partial charge in [-0.15, -0.1) is 11.3 Å². The van der Waals surface area contributed by atoms with Gasteiger partial charge in [-0.25, -0.2) is 4.98 Å². The average Bonchev–Trinajstić information content (AvgIpc) is 2.95. The summed E-state index contributed by atoms with van der Waals surface area (Å²) in [6.45, 7) is 5.53. The average molecular weight is 381 g/mol. The molecule has 3 aromatic rings. The van der Waals surface area contributed by atoms with Crippen LogP contribution in [0.2, 0.25) is 0 Å². The molecule has 1 N–H and O–H groups in total. The molecule has 0 bridgehead atoms. The van der Waals surface area contributed by atoms with Crippen LogP contribution in [0.15, 0.2) is 42.5 Å². The van der Waals surface area contributed by atoms with Gasteiger partial charge in [-0.2, -0.15) is 0 Å². The number of benzene rings is 2. The first-order valence-corrected chi connectivity index (χ1v) is 9.24.